The Bertz CT molecular complexity index is 890. The zero-order valence-electron chi connectivity index (χ0n) is 15.9. The highest BCUT2D eigenvalue weighted by Gasteiger charge is 2.32. The third-order valence-corrected chi connectivity index (χ3v) is 5.04. The number of benzene rings is 1. The van der Waals surface area contributed by atoms with E-state index >= 15 is 0 Å². The second-order valence-electron chi connectivity index (χ2n) is 7.04. The normalized spacial score (nSPS) is 21.2. The van der Waals surface area contributed by atoms with Gasteiger partial charge in [-0.15, -0.1) is 0 Å². The van der Waals surface area contributed by atoms with Crippen LogP contribution in [0.3, 0.4) is 0 Å². The molecule has 3 N–H and O–H groups in total. The van der Waals surface area contributed by atoms with Crippen molar-refractivity contribution < 1.29 is 24.1 Å². The largest absolute Gasteiger partial charge is 0.454 e. The molecule has 3 heterocycles. The van der Waals surface area contributed by atoms with Crippen molar-refractivity contribution in [3.8, 4) is 11.5 Å². The lowest BCUT2D eigenvalue weighted by molar-refractivity contribution is 0.137. The predicted molar refractivity (Wildman–Crippen MR) is 103 cm³/mol. The van der Waals surface area contributed by atoms with Gasteiger partial charge in [0.1, 0.15) is 0 Å². The fourth-order valence-electron chi connectivity index (χ4n) is 3.52. The smallest absolute Gasteiger partial charge is 0.319 e. The van der Waals surface area contributed by atoms with Gasteiger partial charge in [-0.1, -0.05) is 0 Å². The summed E-state index contributed by atoms with van der Waals surface area (Å²) in [5.74, 6) is 1.34. The number of carbonyl (C=O) groups is 1. The van der Waals surface area contributed by atoms with E-state index in [-0.39, 0.29) is 18.9 Å². The molecule has 1 aromatic heterocycles. The van der Waals surface area contributed by atoms with E-state index in [1.165, 1.54) is 0 Å². The Hall–Kier alpha value is -2.62. The van der Waals surface area contributed by atoms with Crippen LogP contribution in [0.2, 0.25) is 0 Å². The summed E-state index contributed by atoms with van der Waals surface area (Å²) in [6.07, 6.45) is -0.613. The zero-order chi connectivity index (χ0) is 19.7. The molecule has 28 heavy (non-hydrogen) atoms. The first-order valence-corrected chi connectivity index (χ1v) is 9.21. The summed E-state index contributed by atoms with van der Waals surface area (Å²) < 4.78 is 15.9. The number of hydrogen-bond donors (Lipinski definition) is 3. The first kappa shape index (κ1) is 18.7. The average Bonchev–Trinajstić information content (AvgIpc) is 3.25. The van der Waals surface area contributed by atoms with E-state index in [9.17, 15) is 9.90 Å². The van der Waals surface area contributed by atoms with Gasteiger partial charge in [-0.25, -0.2) is 4.79 Å². The Balaban J connectivity index is 1.43. The summed E-state index contributed by atoms with van der Waals surface area (Å²) in [5, 5.41) is 16.7. The van der Waals surface area contributed by atoms with Gasteiger partial charge in [0.05, 0.1) is 35.7 Å². The topological polar surface area (TPSA) is 105 Å². The number of pyridine rings is 1. The lowest BCUT2D eigenvalue weighted by atomic mass is 10.1. The number of aliphatic hydroxyl groups is 1. The van der Waals surface area contributed by atoms with Crippen LogP contribution >= 0.6 is 0 Å². The van der Waals surface area contributed by atoms with Crippen LogP contribution in [-0.2, 0) is 4.74 Å². The minimum absolute atomic E-state index is 0.198. The molecule has 1 saturated heterocycles. The van der Waals surface area contributed by atoms with Crippen LogP contribution in [-0.4, -0.2) is 73.3 Å². The van der Waals surface area contributed by atoms with Gasteiger partial charge < -0.3 is 30.0 Å². The van der Waals surface area contributed by atoms with Crippen LogP contribution in [0.5, 0.6) is 11.5 Å². The number of carbonyl (C=O) groups excluding carboxylic acids is 1. The maximum Gasteiger partial charge on any atom is 0.319 e. The molecule has 9 nitrogen and oxygen atoms in total. The Morgan fingerprint density at radius 1 is 1.32 bits per heavy atom. The van der Waals surface area contributed by atoms with E-state index in [1.807, 2.05) is 25.1 Å². The van der Waals surface area contributed by atoms with Crippen LogP contribution < -0.4 is 20.1 Å². The number of urea groups is 1. The minimum atomic E-state index is -0.613. The lowest BCUT2D eigenvalue weighted by Gasteiger charge is -2.17. The molecular formula is C19H24N4O5. The molecule has 2 amide bonds. The van der Waals surface area contributed by atoms with Crippen LogP contribution in [0, 0.1) is 6.92 Å². The summed E-state index contributed by atoms with van der Waals surface area (Å²) >= 11 is 0. The molecule has 0 saturated carbocycles. The standard InChI is InChI=1S/C19H24N4O5/c1-11-13(5-12-6-17-18(28-10-27-17)7-14(12)20-11)21-19(25)22-15-8-23(3-4-26-2)9-16(15)24/h5-7,15-16,24H,3-4,8-10H2,1-2H3,(H2,21,22,25). The van der Waals surface area contributed by atoms with Crippen molar-refractivity contribution in [3.05, 3.63) is 23.9 Å². The first-order valence-electron chi connectivity index (χ1n) is 9.21. The van der Waals surface area contributed by atoms with Crippen LogP contribution in [0.4, 0.5) is 10.5 Å². The molecule has 2 atom stereocenters. The van der Waals surface area contributed by atoms with Crippen LogP contribution in [0.1, 0.15) is 5.69 Å². The van der Waals surface area contributed by atoms with Crippen molar-refractivity contribution in [2.75, 3.05) is 45.5 Å². The summed E-state index contributed by atoms with van der Waals surface area (Å²) in [5.41, 5.74) is 2.07. The number of aliphatic hydroxyl groups excluding tert-OH is 1. The number of nitrogens with zero attached hydrogens (tertiary/aromatic N) is 2. The van der Waals surface area contributed by atoms with E-state index in [1.54, 1.807) is 7.11 Å². The number of nitrogens with one attached hydrogen (secondary N) is 2. The Morgan fingerprint density at radius 3 is 2.89 bits per heavy atom. The van der Waals surface area contributed by atoms with Gasteiger partial charge in [0.15, 0.2) is 11.5 Å². The number of hydrogen-bond acceptors (Lipinski definition) is 7. The fraction of sp³-hybridized carbons (Fsp3) is 0.474. The number of fused-ring (bicyclic) bond motifs is 2. The monoisotopic (exact) mass is 388 g/mol. The Kier molecular flexibility index (Phi) is 5.21. The summed E-state index contributed by atoms with van der Waals surface area (Å²) in [6.45, 7) is 4.43. The Labute approximate surface area is 162 Å². The highest BCUT2D eigenvalue weighted by Crippen LogP contribution is 2.36. The van der Waals surface area contributed by atoms with Crippen molar-refractivity contribution >= 4 is 22.6 Å². The summed E-state index contributed by atoms with van der Waals surface area (Å²) in [7, 11) is 1.64. The van der Waals surface area contributed by atoms with Gasteiger partial charge in [0.25, 0.3) is 0 Å². The number of aromatic nitrogens is 1. The van der Waals surface area contributed by atoms with Crippen molar-refractivity contribution in [1.82, 2.24) is 15.2 Å². The highest BCUT2D eigenvalue weighted by molar-refractivity contribution is 5.94. The molecular weight excluding hydrogens is 364 g/mol. The molecule has 2 unspecified atom stereocenters. The molecule has 0 spiro atoms. The summed E-state index contributed by atoms with van der Waals surface area (Å²) in [6, 6.07) is 4.83. The number of anilines is 1. The van der Waals surface area contributed by atoms with Gasteiger partial charge in [0, 0.05) is 38.2 Å². The SMILES string of the molecule is COCCN1CC(O)C(NC(=O)Nc2cc3cc4c(cc3nc2C)OCO4)C1. The third-order valence-electron chi connectivity index (χ3n) is 5.04. The van der Waals surface area contributed by atoms with E-state index in [2.05, 4.69) is 20.5 Å². The minimum Gasteiger partial charge on any atom is -0.454 e. The van der Waals surface area contributed by atoms with Crippen LogP contribution in [0.15, 0.2) is 18.2 Å². The maximum atomic E-state index is 12.5. The summed E-state index contributed by atoms with van der Waals surface area (Å²) in [4.78, 5) is 19.1. The van der Waals surface area contributed by atoms with E-state index in [4.69, 9.17) is 14.2 Å². The van der Waals surface area contributed by atoms with E-state index in [0.29, 0.717) is 42.6 Å². The van der Waals surface area contributed by atoms with Gasteiger partial charge in [-0.2, -0.15) is 0 Å². The van der Waals surface area contributed by atoms with Crippen molar-refractivity contribution in [2.45, 2.75) is 19.1 Å². The first-order chi connectivity index (χ1) is 13.5. The number of aryl methyl sites for hydroxylation is 1. The average molecular weight is 388 g/mol. The molecule has 1 fully saturated rings. The molecule has 0 radical (unpaired) electrons. The number of rotatable bonds is 5. The second kappa shape index (κ2) is 7.78. The van der Waals surface area contributed by atoms with Gasteiger partial charge in [-0.3, -0.25) is 9.88 Å². The van der Waals surface area contributed by atoms with Gasteiger partial charge in [-0.05, 0) is 19.1 Å². The quantitative estimate of drug-likeness (QED) is 0.704. The molecule has 2 aliphatic heterocycles. The molecule has 2 aromatic rings. The van der Waals surface area contributed by atoms with Crippen molar-refractivity contribution in [2.24, 2.45) is 0 Å². The lowest BCUT2D eigenvalue weighted by Crippen LogP contribution is -2.45. The second-order valence-corrected chi connectivity index (χ2v) is 7.04. The number of amides is 2. The predicted octanol–water partition coefficient (Wildman–Crippen LogP) is 1.08. The van der Waals surface area contributed by atoms with Gasteiger partial charge >= 0.3 is 6.03 Å². The molecule has 0 bridgehead atoms. The molecule has 150 valence electrons. The maximum absolute atomic E-state index is 12.5. The molecule has 2 aliphatic rings. The molecule has 1 aromatic carbocycles. The van der Waals surface area contributed by atoms with Crippen LogP contribution in [0.25, 0.3) is 10.9 Å². The molecule has 4 rings (SSSR count). The zero-order valence-corrected chi connectivity index (χ0v) is 15.9. The highest BCUT2D eigenvalue weighted by atomic mass is 16.7. The number of methoxy groups -OCH3 is 1. The van der Waals surface area contributed by atoms with Crippen molar-refractivity contribution in [3.63, 3.8) is 0 Å². The van der Waals surface area contributed by atoms with Gasteiger partial charge in [0.2, 0.25) is 6.79 Å². The van der Waals surface area contributed by atoms with Crippen molar-refractivity contribution in [1.29, 1.82) is 0 Å². The number of ether oxygens (including phenoxy) is 3. The number of β-amino-alcohol motifs (C(OH)–C–C–N with tert-alkyl or cyclic N) is 1. The molecule has 0 aliphatic carbocycles. The molecule has 9 heteroatoms. The third kappa shape index (κ3) is 3.82. The Morgan fingerprint density at radius 2 is 2.11 bits per heavy atom. The van der Waals surface area contributed by atoms with E-state index < -0.39 is 6.10 Å². The van der Waals surface area contributed by atoms with E-state index in [0.717, 1.165) is 17.4 Å². The number of likely N-dealkylation sites (tertiary alicyclic amines) is 1. The fourth-order valence-corrected chi connectivity index (χ4v) is 3.52.